The van der Waals surface area contributed by atoms with Crippen LogP contribution in [0.3, 0.4) is 0 Å². The van der Waals surface area contributed by atoms with Crippen molar-refractivity contribution in [3.63, 3.8) is 0 Å². The van der Waals surface area contributed by atoms with Gasteiger partial charge in [-0.25, -0.2) is 13.2 Å². The zero-order valence-electron chi connectivity index (χ0n) is 21.8. The Bertz CT molecular complexity index is 1120. The molecule has 3 aromatic rings. The van der Waals surface area contributed by atoms with Gasteiger partial charge in [0.15, 0.2) is 11.6 Å². The molecule has 0 radical (unpaired) electrons. The van der Waals surface area contributed by atoms with Gasteiger partial charge in [0, 0.05) is 11.1 Å². The minimum Gasteiger partial charge on any atom is -0.206 e. The lowest BCUT2D eigenvalue weighted by Gasteiger charge is -2.29. The summed E-state index contributed by atoms with van der Waals surface area (Å²) in [6, 6.07) is 16.0. The standard InChI is InChI=1S/C33H39F3/c1-3-5-7-8-23-10-12-24(13-11-23)28-19-20-29(31(34)22-28)25-14-16-26(17-15-25)30-21-18-27(9-6-4-2)32(35)33(30)36/h14-24H,3-13H2,1-2H3. The van der Waals surface area contributed by atoms with Crippen molar-refractivity contribution in [3.05, 3.63) is 83.2 Å². The third kappa shape index (κ3) is 6.22. The molecule has 0 amide bonds. The molecule has 0 bridgehead atoms. The number of hydrogen-bond donors (Lipinski definition) is 0. The predicted molar refractivity (Wildman–Crippen MR) is 145 cm³/mol. The van der Waals surface area contributed by atoms with Gasteiger partial charge in [-0.3, -0.25) is 0 Å². The molecule has 0 spiro atoms. The molecule has 0 heterocycles. The summed E-state index contributed by atoms with van der Waals surface area (Å²) < 4.78 is 44.4. The first-order valence-electron chi connectivity index (χ1n) is 13.9. The normalized spacial score (nSPS) is 17.9. The molecule has 1 saturated carbocycles. The van der Waals surface area contributed by atoms with E-state index in [1.54, 1.807) is 42.5 Å². The molecule has 0 aromatic heterocycles. The van der Waals surface area contributed by atoms with Crippen molar-refractivity contribution in [3.8, 4) is 22.3 Å². The Balaban J connectivity index is 1.44. The van der Waals surface area contributed by atoms with Crippen LogP contribution in [0, 0.1) is 23.4 Å². The second-order valence-corrected chi connectivity index (χ2v) is 10.5. The van der Waals surface area contributed by atoms with Gasteiger partial charge in [-0.1, -0.05) is 94.5 Å². The van der Waals surface area contributed by atoms with Crippen LogP contribution < -0.4 is 0 Å². The molecule has 0 unspecified atom stereocenters. The van der Waals surface area contributed by atoms with Crippen molar-refractivity contribution in [1.29, 1.82) is 0 Å². The summed E-state index contributed by atoms with van der Waals surface area (Å²) in [5, 5.41) is 0. The maximum atomic E-state index is 15.2. The van der Waals surface area contributed by atoms with Gasteiger partial charge in [0.1, 0.15) is 5.82 Å². The lowest BCUT2D eigenvalue weighted by atomic mass is 9.77. The molecule has 0 nitrogen and oxygen atoms in total. The average molecular weight is 493 g/mol. The highest BCUT2D eigenvalue weighted by atomic mass is 19.2. The monoisotopic (exact) mass is 492 g/mol. The Morgan fingerprint density at radius 2 is 1.31 bits per heavy atom. The van der Waals surface area contributed by atoms with E-state index in [2.05, 4.69) is 13.0 Å². The first-order valence-corrected chi connectivity index (χ1v) is 13.9. The first kappa shape index (κ1) is 26.5. The van der Waals surface area contributed by atoms with Crippen molar-refractivity contribution in [2.24, 2.45) is 5.92 Å². The number of rotatable bonds is 10. The van der Waals surface area contributed by atoms with Gasteiger partial charge in [-0.15, -0.1) is 0 Å². The van der Waals surface area contributed by atoms with Crippen LogP contribution in [0.1, 0.15) is 95.1 Å². The summed E-state index contributed by atoms with van der Waals surface area (Å²) in [5.74, 6) is -0.519. The Labute approximate surface area is 215 Å². The Kier molecular flexibility index (Phi) is 9.29. The minimum absolute atomic E-state index is 0.220. The van der Waals surface area contributed by atoms with Gasteiger partial charge in [-0.2, -0.15) is 0 Å². The molecule has 0 aliphatic heterocycles. The fraction of sp³-hybridized carbons (Fsp3) is 0.455. The van der Waals surface area contributed by atoms with Gasteiger partial charge >= 0.3 is 0 Å². The molecule has 0 atom stereocenters. The fourth-order valence-electron chi connectivity index (χ4n) is 5.69. The molecular formula is C33H39F3. The smallest absolute Gasteiger partial charge is 0.166 e. The van der Waals surface area contributed by atoms with Crippen LogP contribution in [-0.4, -0.2) is 0 Å². The Morgan fingerprint density at radius 1 is 0.667 bits per heavy atom. The van der Waals surface area contributed by atoms with Gasteiger partial charge in [-0.05, 0) is 78.7 Å². The van der Waals surface area contributed by atoms with Crippen LogP contribution in [0.25, 0.3) is 22.3 Å². The third-order valence-electron chi connectivity index (χ3n) is 8.00. The Morgan fingerprint density at radius 3 is 1.94 bits per heavy atom. The van der Waals surface area contributed by atoms with E-state index in [9.17, 15) is 8.78 Å². The summed E-state index contributed by atoms with van der Waals surface area (Å²) in [4.78, 5) is 0. The van der Waals surface area contributed by atoms with E-state index in [0.29, 0.717) is 29.0 Å². The van der Waals surface area contributed by atoms with Gasteiger partial charge in [0.05, 0.1) is 0 Å². The predicted octanol–water partition coefficient (Wildman–Crippen LogP) is 10.6. The highest BCUT2D eigenvalue weighted by molar-refractivity contribution is 5.71. The first-order chi connectivity index (χ1) is 17.5. The van der Waals surface area contributed by atoms with Crippen LogP contribution in [-0.2, 0) is 6.42 Å². The quantitative estimate of drug-likeness (QED) is 0.247. The molecule has 1 aliphatic rings. The third-order valence-corrected chi connectivity index (χ3v) is 8.00. The number of benzene rings is 3. The summed E-state index contributed by atoms with van der Waals surface area (Å²) >= 11 is 0. The van der Waals surface area contributed by atoms with Crippen molar-refractivity contribution < 1.29 is 13.2 Å². The zero-order valence-corrected chi connectivity index (χ0v) is 21.8. The molecule has 36 heavy (non-hydrogen) atoms. The fourth-order valence-corrected chi connectivity index (χ4v) is 5.69. The van der Waals surface area contributed by atoms with E-state index in [0.717, 1.165) is 42.7 Å². The molecule has 3 heteroatoms. The second-order valence-electron chi connectivity index (χ2n) is 10.5. The number of halogens is 3. The SMILES string of the molecule is CCCCCC1CCC(c2ccc(-c3ccc(-c4ccc(CCCC)c(F)c4F)cc3)c(F)c2)CC1. The lowest BCUT2D eigenvalue weighted by molar-refractivity contribution is 0.302. The molecule has 3 aromatic carbocycles. The van der Waals surface area contributed by atoms with E-state index in [-0.39, 0.29) is 11.4 Å². The lowest BCUT2D eigenvalue weighted by Crippen LogP contribution is -2.13. The van der Waals surface area contributed by atoms with E-state index in [4.69, 9.17) is 0 Å². The Hall–Kier alpha value is -2.55. The van der Waals surface area contributed by atoms with E-state index >= 15 is 4.39 Å². The van der Waals surface area contributed by atoms with Crippen LogP contribution in [0.5, 0.6) is 0 Å². The van der Waals surface area contributed by atoms with Crippen LogP contribution in [0.15, 0.2) is 54.6 Å². The molecule has 0 saturated heterocycles. The van der Waals surface area contributed by atoms with Crippen molar-refractivity contribution in [1.82, 2.24) is 0 Å². The van der Waals surface area contributed by atoms with Crippen LogP contribution in [0.4, 0.5) is 13.2 Å². The topological polar surface area (TPSA) is 0 Å². The molecule has 0 N–H and O–H groups in total. The van der Waals surface area contributed by atoms with E-state index in [1.165, 1.54) is 38.5 Å². The minimum atomic E-state index is -0.813. The van der Waals surface area contributed by atoms with Crippen molar-refractivity contribution in [2.45, 2.75) is 90.4 Å². The van der Waals surface area contributed by atoms with Crippen LogP contribution in [0.2, 0.25) is 0 Å². The van der Waals surface area contributed by atoms with Crippen LogP contribution >= 0.6 is 0 Å². The largest absolute Gasteiger partial charge is 0.206 e. The number of unbranched alkanes of at least 4 members (excludes halogenated alkanes) is 3. The molecule has 192 valence electrons. The van der Waals surface area contributed by atoms with Gasteiger partial charge < -0.3 is 0 Å². The number of hydrogen-bond acceptors (Lipinski definition) is 0. The summed E-state index contributed by atoms with van der Waals surface area (Å²) in [7, 11) is 0. The van der Waals surface area contributed by atoms with Crippen molar-refractivity contribution in [2.75, 3.05) is 0 Å². The molecule has 1 fully saturated rings. The summed E-state index contributed by atoms with van der Waals surface area (Å²) in [5.41, 5.74) is 3.62. The maximum Gasteiger partial charge on any atom is 0.166 e. The highest BCUT2D eigenvalue weighted by Gasteiger charge is 2.23. The number of aryl methyl sites for hydroxylation is 1. The van der Waals surface area contributed by atoms with Crippen molar-refractivity contribution >= 4 is 0 Å². The summed E-state index contributed by atoms with van der Waals surface area (Å²) in [6.07, 6.45) is 12.3. The highest BCUT2D eigenvalue weighted by Crippen LogP contribution is 2.39. The molecular weight excluding hydrogens is 453 g/mol. The maximum absolute atomic E-state index is 15.2. The van der Waals surface area contributed by atoms with Gasteiger partial charge in [0.2, 0.25) is 0 Å². The second kappa shape index (κ2) is 12.6. The van der Waals surface area contributed by atoms with E-state index in [1.807, 2.05) is 13.0 Å². The zero-order chi connectivity index (χ0) is 25.5. The molecule has 1 aliphatic carbocycles. The summed E-state index contributed by atoms with van der Waals surface area (Å²) in [6.45, 7) is 4.28. The van der Waals surface area contributed by atoms with Gasteiger partial charge in [0.25, 0.3) is 0 Å². The van der Waals surface area contributed by atoms with E-state index < -0.39 is 11.6 Å². The molecule has 4 rings (SSSR count). The average Bonchev–Trinajstić information content (AvgIpc) is 2.90.